The van der Waals surface area contributed by atoms with Gasteiger partial charge in [0.05, 0.1) is 18.9 Å². The molecule has 2 aliphatic rings. The Morgan fingerprint density at radius 1 is 1.38 bits per heavy atom. The van der Waals surface area contributed by atoms with E-state index in [2.05, 4.69) is 20.0 Å². The number of halogens is 4. The van der Waals surface area contributed by atoms with Gasteiger partial charge in [-0.2, -0.15) is 8.78 Å². The molecule has 2 aliphatic heterocycles. The van der Waals surface area contributed by atoms with E-state index in [0.717, 1.165) is 6.20 Å². The molecule has 12 heteroatoms. The van der Waals surface area contributed by atoms with Crippen LogP contribution in [0.25, 0.3) is 0 Å². The summed E-state index contributed by atoms with van der Waals surface area (Å²) in [7, 11) is 0. The molecule has 7 nitrogen and oxygen atoms in total. The third-order valence-electron chi connectivity index (χ3n) is 5.34. The van der Waals surface area contributed by atoms with E-state index in [1.54, 1.807) is 0 Å². The number of amidine groups is 1. The number of nitrogens with zero attached hydrogens (tertiary/aromatic N) is 2. The van der Waals surface area contributed by atoms with Gasteiger partial charge in [0, 0.05) is 22.9 Å². The molecule has 32 heavy (non-hydrogen) atoms. The fourth-order valence-electron chi connectivity index (χ4n) is 3.84. The number of pyridine rings is 1. The predicted octanol–water partition coefficient (Wildman–Crippen LogP) is 3.32. The summed E-state index contributed by atoms with van der Waals surface area (Å²) in [6, 6.07) is 6.32. The van der Waals surface area contributed by atoms with Crippen LogP contribution in [0.1, 0.15) is 16.1 Å². The molecular weight excluding hydrogens is 452 g/mol. The third-order valence-corrected chi connectivity index (χ3v) is 6.25. The lowest BCUT2D eigenvalue weighted by atomic mass is 9.79. The lowest BCUT2D eigenvalue weighted by Gasteiger charge is -2.35. The molecule has 3 heterocycles. The van der Waals surface area contributed by atoms with Gasteiger partial charge in [-0.3, -0.25) is 4.79 Å². The predicted molar refractivity (Wildman–Crippen MR) is 110 cm³/mol. The van der Waals surface area contributed by atoms with E-state index in [-0.39, 0.29) is 34.5 Å². The van der Waals surface area contributed by atoms with E-state index in [0.29, 0.717) is 5.75 Å². The van der Waals surface area contributed by atoms with Crippen LogP contribution in [-0.2, 0) is 10.3 Å². The maximum absolute atomic E-state index is 14.9. The largest absolute Gasteiger partial charge is 0.433 e. The first-order valence-electron chi connectivity index (χ1n) is 9.50. The zero-order chi connectivity index (χ0) is 22.9. The van der Waals surface area contributed by atoms with Crippen molar-refractivity contribution in [1.29, 1.82) is 0 Å². The van der Waals surface area contributed by atoms with Crippen LogP contribution in [0, 0.1) is 11.7 Å². The van der Waals surface area contributed by atoms with Crippen LogP contribution in [0.4, 0.5) is 23.2 Å². The molecule has 2 aromatic rings. The topological polar surface area (TPSA) is 98.8 Å². The highest BCUT2D eigenvalue weighted by Gasteiger charge is 2.54. The smallest absolute Gasteiger partial charge is 0.387 e. The minimum atomic E-state index is -3.01. The maximum atomic E-state index is 14.9. The van der Waals surface area contributed by atoms with E-state index < -0.39 is 42.6 Å². The number of carbonyl (C=O) groups excluding carboxylic acids is 1. The van der Waals surface area contributed by atoms with Crippen molar-refractivity contribution in [2.45, 2.75) is 18.3 Å². The van der Waals surface area contributed by atoms with Crippen molar-refractivity contribution in [1.82, 2.24) is 4.98 Å². The van der Waals surface area contributed by atoms with Crippen molar-refractivity contribution in [2.75, 3.05) is 24.4 Å². The van der Waals surface area contributed by atoms with Gasteiger partial charge in [0.2, 0.25) is 0 Å². The first-order valence-corrected chi connectivity index (χ1v) is 10.5. The van der Waals surface area contributed by atoms with Crippen molar-refractivity contribution < 1.29 is 31.8 Å². The number of anilines is 1. The average Bonchev–Trinajstić information content (AvgIpc) is 3.13. The lowest BCUT2D eigenvalue weighted by Crippen LogP contribution is -2.42. The van der Waals surface area contributed by atoms with Crippen molar-refractivity contribution >= 4 is 28.5 Å². The molecule has 0 spiro atoms. The van der Waals surface area contributed by atoms with E-state index in [9.17, 15) is 22.4 Å². The minimum absolute atomic E-state index is 0.0466. The van der Waals surface area contributed by atoms with Crippen LogP contribution in [0.15, 0.2) is 41.5 Å². The van der Waals surface area contributed by atoms with Gasteiger partial charge in [-0.15, -0.1) is 0 Å². The number of hydrogen-bond acceptors (Lipinski definition) is 7. The van der Waals surface area contributed by atoms with E-state index in [1.165, 1.54) is 42.1 Å². The van der Waals surface area contributed by atoms with Gasteiger partial charge >= 0.3 is 6.61 Å². The van der Waals surface area contributed by atoms with Crippen LogP contribution in [0.5, 0.6) is 5.75 Å². The number of aromatic nitrogens is 1. The summed E-state index contributed by atoms with van der Waals surface area (Å²) in [5.41, 5.74) is 5.00. The highest BCUT2D eigenvalue weighted by molar-refractivity contribution is 8.13. The van der Waals surface area contributed by atoms with Crippen LogP contribution < -0.4 is 15.8 Å². The number of benzene rings is 1. The van der Waals surface area contributed by atoms with E-state index in [4.69, 9.17) is 10.5 Å². The number of hydrogen-bond donors (Lipinski definition) is 2. The fourth-order valence-corrected chi connectivity index (χ4v) is 4.90. The molecule has 0 radical (unpaired) electrons. The molecule has 3 N–H and O–H groups in total. The van der Waals surface area contributed by atoms with Crippen molar-refractivity contribution in [2.24, 2.45) is 16.6 Å². The number of fused-ring (bicyclic) bond motifs is 1. The Morgan fingerprint density at radius 3 is 2.88 bits per heavy atom. The number of thioether (sulfide) groups is 1. The van der Waals surface area contributed by atoms with Crippen molar-refractivity contribution in [3.63, 3.8) is 0 Å². The zero-order valence-electron chi connectivity index (χ0n) is 16.4. The van der Waals surface area contributed by atoms with Crippen LogP contribution >= 0.6 is 11.8 Å². The molecule has 1 aromatic carbocycles. The Labute approximate surface area is 184 Å². The molecule has 1 fully saturated rings. The van der Waals surface area contributed by atoms with Gasteiger partial charge in [0.15, 0.2) is 5.17 Å². The maximum Gasteiger partial charge on any atom is 0.387 e. The Bertz CT molecular complexity index is 1040. The Hall–Kier alpha value is -2.86. The summed E-state index contributed by atoms with van der Waals surface area (Å²) >= 11 is 1.25. The molecule has 3 atom stereocenters. The summed E-state index contributed by atoms with van der Waals surface area (Å²) < 4.78 is 62.6. The van der Waals surface area contributed by atoms with E-state index >= 15 is 0 Å². The van der Waals surface area contributed by atoms with E-state index in [1.807, 2.05) is 0 Å². The second-order valence-electron chi connectivity index (χ2n) is 7.20. The number of nitrogens with two attached hydrogens (primary N) is 1. The second kappa shape index (κ2) is 8.94. The molecular formula is C20H18F4N4O3S. The van der Waals surface area contributed by atoms with Crippen molar-refractivity contribution in [3.05, 3.63) is 53.6 Å². The van der Waals surface area contributed by atoms with Gasteiger partial charge < -0.3 is 20.5 Å². The first kappa shape index (κ1) is 22.3. The summed E-state index contributed by atoms with van der Waals surface area (Å²) in [4.78, 5) is 20.8. The number of carbonyl (C=O) groups is 1. The summed E-state index contributed by atoms with van der Waals surface area (Å²) in [6.45, 7) is -3.80. The molecule has 170 valence electrons. The van der Waals surface area contributed by atoms with Gasteiger partial charge in [-0.1, -0.05) is 11.8 Å². The Morgan fingerprint density at radius 2 is 2.19 bits per heavy atom. The molecule has 1 aromatic heterocycles. The van der Waals surface area contributed by atoms with Gasteiger partial charge in [0.1, 0.15) is 29.5 Å². The fraction of sp³-hybridized carbons (Fsp3) is 0.350. The molecule has 0 bridgehead atoms. The van der Waals surface area contributed by atoms with Gasteiger partial charge in [-0.25, -0.2) is 18.8 Å². The van der Waals surface area contributed by atoms with Gasteiger partial charge in [-0.05, 0) is 30.3 Å². The number of amides is 1. The molecule has 1 amide bonds. The number of rotatable bonds is 6. The normalized spacial score (nSPS) is 24.7. The molecule has 1 saturated heterocycles. The monoisotopic (exact) mass is 470 g/mol. The number of ether oxygens (including phenoxy) is 2. The molecule has 4 rings (SSSR count). The highest BCUT2D eigenvalue weighted by atomic mass is 32.2. The molecule has 0 aliphatic carbocycles. The zero-order valence-corrected chi connectivity index (χ0v) is 17.3. The third kappa shape index (κ3) is 4.24. The standard InChI is InChI=1S/C20H18F4N4O3S/c21-6-16-13-8-32-19(25)28-20(13,9-30-16)12-5-10(1-3-14(12)22)27-17(29)15-4-2-11(7-26-15)31-18(23)24/h1-5,7,13,16,18H,6,8-9H2,(H2,25,28)(H,27,29)/t13-,16-,20?/m1/s1. The number of aliphatic imine (C=N–C) groups is 1. The summed E-state index contributed by atoms with van der Waals surface area (Å²) in [6.07, 6.45) is 0.250. The quantitative estimate of drug-likeness (QED) is 0.629. The minimum Gasteiger partial charge on any atom is -0.433 e. The van der Waals surface area contributed by atoms with Crippen LogP contribution in [-0.4, -0.2) is 47.8 Å². The Kier molecular flexibility index (Phi) is 6.24. The number of nitrogens with one attached hydrogen (secondary N) is 1. The molecule has 1 unspecified atom stereocenters. The molecule has 0 saturated carbocycles. The van der Waals surface area contributed by atoms with Crippen molar-refractivity contribution in [3.8, 4) is 5.75 Å². The SMILES string of the molecule is NC1=NC2(c3cc(NC(=O)c4ccc(OC(F)F)cn4)ccc3F)CO[C@H](CF)[C@H]2CS1. The first-order chi connectivity index (χ1) is 15.3. The summed E-state index contributed by atoms with van der Waals surface area (Å²) in [5.74, 6) is -1.45. The van der Waals surface area contributed by atoms with Crippen LogP contribution in [0.2, 0.25) is 0 Å². The van der Waals surface area contributed by atoms with Gasteiger partial charge in [0.25, 0.3) is 5.91 Å². The second-order valence-corrected chi connectivity index (χ2v) is 8.24. The number of alkyl halides is 3. The average molecular weight is 470 g/mol. The highest BCUT2D eigenvalue weighted by Crippen LogP contribution is 2.48. The lowest BCUT2D eigenvalue weighted by molar-refractivity contribution is -0.0500. The Balaban J connectivity index is 1.60. The van der Waals surface area contributed by atoms with Crippen LogP contribution in [0.3, 0.4) is 0 Å². The summed E-state index contributed by atoms with van der Waals surface area (Å²) in [5, 5.41) is 2.83.